The maximum atomic E-state index is 12.3. The second-order valence-corrected chi connectivity index (χ2v) is 14.7. The summed E-state index contributed by atoms with van der Waals surface area (Å²) in [6.07, 6.45) is -0.942. The predicted octanol–water partition coefficient (Wildman–Crippen LogP) is 4.47. The molecule has 36 heavy (non-hydrogen) atoms. The van der Waals surface area contributed by atoms with Crippen LogP contribution in [0.4, 0.5) is 11.4 Å². The molecule has 12 heteroatoms. The van der Waals surface area contributed by atoms with E-state index in [-0.39, 0.29) is 9.79 Å². The van der Waals surface area contributed by atoms with Crippen molar-refractivity contribution >= 4 is 54.5 Å². The summed E-state index contributed by atoms with van der Waals surface area (Å²) in [7, 11) is -7.48. The quantitative estimate of drug-likeness (QED) is 0.290. The average molecular weight is 555 g/mol. The molecular formula is C24H19N4O4PS3. The van der Waals surface area contributed by atoms with E-state index in [0.717, 1.165) is 28.3 Å². The Morgan fingerprint density at radius 1 is 0.667 bits per heavy atom. The first-order valence-corrected chi connectivity index (χ1v) is 16.0. The van der Waals surface area contributed by atoms with Gasteiger partial charge in [0.2, 0.25) is 19.7 Å². The van der Waals surface area contributed by atoms with Gasteiger partial charge >= 0.3 is 0 Å². The van der Waals surface area contributed by atoms with Crippen molar-refractivity contribution in [1.82, 2.24) is 0 Å². The summed E-state index contributed by atoms with van der Waals surface area (Å²) in [6.45, 7) is 0. The molecule has 0 amide bonds. The Morgan fingerprint density at radius 2 is 1.06 bits per heavy atom. The summed E-state index contributed by atoms with van der Waals surface area (Å²) in [5.74, 6) is 0. The lowest BCUT2D eigenvalue weighted by Crippen LogP contribution is -2.18. The van der Waals surface area contributed by atoms with Gasteiger partial charge < -0.3 is 10.2 Å². The SMILES string of the molecule is N#CC=CS(=O)(=O)c1ccc(NP(=S)(Nc2ccc(S(=O)(=O)C=CC#N)cc2)c2ccccc2)cc1. The van der Waals surface area contributed by atoms with Crippen LogP contribution in [0.15, 0.2) is 112 Å². The van der Waals surface area contributed by atoms with E-state index >= 15 is 0 Å². The van der Waals surface area contributed by atoms with Crippen LogP contribution < -0.4 is 15.5 Å². The fourth-order valence-corrected chi connectivity index (χ4v) is 7.75. The second kappa shape index (κ2) is 11.3. The molecule has 0 saturated carbocycles. The highest BCUT2D eigenvalue weighted by Crippen LogP contribution is 2.45. The van der Waals surface area contributed by atoms with Crippen LogP contribution in [-0.2, 0) is 31.5 Å². The molecule has 3 aromatic rings. The molecule has 0 radical (unpaired) electrons. The molecule has 3 rings (SSSR count). The molecule has 182 valence electrons. The molecule has 0 unspecified atom stereocenters. The first-order valence-electron chi connectivity index (χ1n) is 10.1. The molecule has 0 aliphatic heterocycles. The molecular weight excluding hydrogens is 535 g/mol. The van der Waals surface area contributed by atoms with Crippen molar-refractivity contribution in [1.29, 1.82) is 10.5 Å². The number of benzene rings is 3. The fraction of sp³-hybridized carbons (Fsp3) is 0. The van der Waals surface area contributed by atoms with Crippen LogP contribution in [0.2, 0.25) is 0 Å². The van der Waals surface area contributed by atoms with Gasteiger partial charge in [0.05, 0.1) is 21.9 Å². The number of hydrogen-bond donors (Lipinski definition) is 2. The largest absolute Gasteiger partial charge is 0.339 e. The van der Waals surface area contributed by atoms with Crippen molar-refractivity contribution in [2.24, 2.45) is 0 Å². The lowest BCUT2D eigenvalue weighted by molar-refractivity contribution is 0.603. The van der Waals surface area contributed by atoms with E-state index in [1.165, 1.54) is 24.3 Å². The van der Waals surface area contributed by atoms with Gasteiger partial charge in [-0.2, -0.15) is 10.5 Å². The third-order valence-corrected chi connectivity index (χ3v) is 10.9. The summed E-state index contributed by atoms with van der Waals surface area (Å²) in [6, 6.07) is 24.5. The summed E-state index contributed by atoms with van der Waals surface area (Å²) < 4.78 is 49.0. The molecule has 3 aromatic carbocycles. The smallest absolute Gasteiger partial charge is 0.200 e. The maximum absolute atomic E-state index is 12.3. The Balaban J connectivity index is 1.92. The highest BCUT2D eigenvalue weighted by Gasteiger charge is 2.21. The van der Waals surface area contributed by atoms with Crippen molar-refractivity contribution in [3.05, 3.63) is 102 Å². The summed E-state index contributed by atoms with van der Waals surface area (Å²) in [4.78, 5) is 0.0607. The van der Waals surface area contributed by atoms with Crippen molar-refractivity contribution in [2.75, 3.05) is 10.2 Å². The number of nitriles is 2. The van der Waals surface area contributed by atoms with E-state index in [1.807, 2.05) is 30.3 Å². The Labute approximate surface area is 215 Å². The summed E-state index contributed by atoms with van der Waals surface area (Å²) in [5, 5.41) is 26.3. The van der Waals surface area contributed by atoms with Crippen LogP contribution in [0.3, 0.4) is 0 Å². The molecule has 0 aromatic heterocycles. The number of rotatable bonds is 9. The third-order valence-electron chi connectivity index (χ3n) is 4.70. The normalized spacial score (nSPS) is 13.5. The lowest BCUT2D eigenvalue weighted by atomic mass is 10.3. The summed E-state index contributed by atoms with van der Waals surface area (Å²) in [5.41, 5.74) is 1.14. The van der Waals surface area contributed by atoms with Crippen molar-refractivity contribution in [2.45, 2.75) is 9.79 Å². The zero-order valence-corrected chi connectivity index (χ0v) is 21.9. The Hall–Kier alpha value is -3.73. The third kappa shape index (κ3) is 6.69. The van der Waals surface area contributed by atoms with Gasteiger partial charge in [0.25, 0.3) is 0 Å². The van der Waals surface area contributed by atoms with E-state index in [0.29, 0.717) is 11.4 Å². The molecule has 0 spiro atoms. The molecule has 0 fully saturated rings. The molecule has 0 atom stereocenters. The van der Waals surface area contributed by atoms with Crippen molar-refractivity contribution < 1.29 is 16.8 Å². The van der Waals surface area contributed by atoms with E-state index in [4.69, 9.17) is 22.3 Å². The van der Waals surface area contributed by atoms with Gasteiger partial charge in [0.1, 0.15) is 6.34 Å². The van der Waals surface area contributed by atoms with Crippen LogP contribution in [-0.4, -0.2) is 16.8 Å². The minimum absolute atomic E-state index is 0.0303. The highest BCUT2D eigenvalue weighted by molar-refractivity contribution is 8.19. The van der Waals surface area contributed by atoms with E-state index in [9.17, 15) is 16.8 Å². The van der Waals surface area contributed by atoms with Crippen LogP contribution >= 0.6 is 6.34 Å². The van der Waals surface area contributed by atoms with Gasteiger partial charge in [-0.05, 0) is 60.3 Å². The Morgan fingerprint density at radius 3 is 1.42 bits per heavy atom. The number of nitrogens with zero attached hydrogens (tertiary/aromatic N) is 2. The fourth-order valence-electron chi connectivity index (χ4n) is 2.99. The van der Waals surface area contributed by atoms with Crippen LogP contribution in [0.1, 0.15) is 0 Å². The zero-order valence-electron chi connectivity index (χ0n) is 18.5. The van der Waals surface area contributed by atoms with E-state index in [1.54, 1.807) is 36.4 Å². The van der Waals surface area contributed by atoms with E-state index < -0.39 is 26.0 Å². The van der Waals surface area contributed by atoms with Gasteiger partial charge in [-0.3, -0.25) is 0 Å². The number of anilines is 2. The predicted molar refractivity (Wildman–Crippen MR) is 144 cm³/mol. The van der Waals surface area contributed by atoms with Gasteiger partial charge in [0, 0.05) is 39.6 Å². The van der Waals surface area contributed by atoms with Gasteiger partial charge in [-0.15, -0.1) is 0 Å². The highest BCUT2D eigenvalue weighted by atomic mass is 32.4. The van der Waals surface area contributed by atoms with Gasteiger partial charge in [-0.1, -0.05) is 30.3 Å². The standard InChI is InChI=1S/C24H19N4O4PS3/c25-16-4-18-35(29,30)23-12-8-20(9-13-23)27-33(34,22-6-2-1-3-7-22)28-21-10-14-24(15-11-21)36(31,32)19-5-17-26/h1-15,18-19H,(H2,27,28,34). The lowest BCUT2D eigenvalue weighted by Gasteiger charge is -2.27. The van der Waals surface area contributed by atoms with Crippen molar-refractivity contribution in [3.8, 4) is 12.1 Å². The van der Waals surface area contributed by atoms with Gasteiger partial charge in [0.15, 0.2) is 0 Å². The molecule has 0 saturated heterocycles. The summed E-state index contributed by atoms with van der Waals surface area (Å²) >= 11 is 6.02. The molecule has 8 nitrogen and oxygen atoms in total. The topological polar surface area (TPSA) is 140 Å². The zero-order chi connectivity index (χ0) is 26.2. The van der Waals surface area contributed by atoms with Crippen LogP contribution in [0.25, 0.3) is 0 Å². The van der Waals surface area contributed by atoms with Crippen LogP contribution in [0, 0.1) is 22.7 Å². The van der Waals surface area contributed by atoms with E-state index in [2.05, 4.69) is 10.2 Å². The number of nitrogens with one attached hydrogen (secondary N) is 2. The minimum atomic E-state index is -3.74. The molecule has 0 heterocycles. The molecule has 2 N–H and O–H groups in total. The number of allylic oxidation sites excluding steroid dienone is 2. The maximum Gasteiger partial charge on any atom is 0.200 e. The Bertz CT molecular complexity index is 1530. The first kappa shape index (κ1) is 26.9. The number of hydrogen-bond acceptors (Lipinski definition) is 7. The van der Waals surface area contributed by atoms with Crippen molar-refractivity contribution in [3.63, 3.8) is 0 Å². The second-order valence-electron chi connectivity index (χ2n) is 7.17. The van der Waals surface area contributed by atoms with Gasteiger partial charge in [-0.25, -0.2) is 16.8 Å². The van der Waals surface area contributed by atoms with Crippen LogP contribution in [0.5, 0.6) is 0 Å². The molecule has 0 aliphatic rings. The molecule has 0 aliphatic carbocycles. The minimum Gasteiger partial charge on any atom is -0.339 e. The monoisotopic (exact) mass is 554 g/mol. The first-order chi connectivity index (χ1) is 17.1. The number of sulfone groups is 2. The molecule has 0 bridgehead atoms. The Kier molecular flexibility index (Phi) is 8.46. The average Bonchev–Trinajstić information content (AvgIpc) is 2.87.